The lowest BCUT2D eigenvalue weighted by Crippen LogP contribution is -2.42. The van der Waals surface area contributed by atoms with Crippen LogP contribution < -0.4 is 10.1 Å². The summed E-state index contributed by atoms with van der Waals surface area (Å²) in [6.07, 6.45) is 0.970. The van der Waals surface area contributed by atoms with Gasteiger partial charge in [0.25, 0.3) is 0 Å². The second kappa shape index (κ2) is 6.98. The van der Waals surface area contributed by atoms with Crippen molar-refractivity contribution in [3.05, 3.63) is 28.8 Å². The average molecular weight is 272 g/mol. The second-order valence-electron chi connectivity index (χ2n) is 5.00. The minimum Gasteiger partial charge on any atom is -0.493 e. The zero-order valence-electron chi connectivity index (χ0n) is 11.3. The molecule has 0 aliphatic heterocycles. The first-order chi connectivity index (χ1) is 8.48. The van der Waals surface area contributed by atoms with Crippen molar-refractivity contribution in [2.75, 3.05) is 13.2 Å². The number of aliphatic hydroxyl groups excluding tert-OH is 1. The summed E-state index contributed by atoms with van der Waals surface area (Å²) in [5, 5.41) is 13.2. The van der Waals surface area contributed by atoms with Crippen LogP contribution in [0.25, 0.3) is 0 Å². The van der Waals surface area contributed by atoms with E-state index < -0.39 is 0 Å². The molecule has 1 aromatic rings. The summed E-state index contributed by atoms with van der Waals surface area (Å²) in [6, 6.07) is 5.61. The van der Waals surface area contributed by atoms with Crippen LogP contribution in [0.2, 0.25) is 5.02 Å². The van der Waals surface area contributed by atoms with E-state index in [9.17, 15) is 5.11 Å². The summed E-state index contributed by atoms with van der Waals surface area (Å²) in [5.74, 6) is 0.850. The fourth-order valence-corrected chi connectivity index (χ4v) is 1.62. The number of hydrogen-bond donors (Lipinski definition) is 2. The maximum absolute atomic E-state index is 9.22. The minimum absolute atomic E-state index is 0.0821. The molecule has 0 fully saturated rings. The Morgan fingerprint density at radius 2 is 2.11 bits per heavy atom. The van der Waals surface area contributed by atoms with Crippen molar-refractivity contribution in [3.8, 4) is 5.75 Å². The molecule has 0 amide bonds. The maximum atomic E-state index is 9.22. The number of halogens is 1. The van der Waals surface area contributed by atoms with Crippen LogP contribution in [-0.2, 0) is 6.54 Å². The largest absolute Gasteiger partial charge is 0.493 e. The summed E-state index contributed by atoms with van der Waals surface area (Å²) >= 11 is 6.00. The lowest BCUT2D eigenvalue weighted by molar-refractivity contribution is 0.186. The van der Waals surface area contributed by atoms with Gasteiger partial charge in [0.15, 0.2) is 0 Å². The highest BCUT2D eigenvalue weighted by atomic mass is 35.5. The van der Waals surface area contributed by atoms with Gasteiger partial charge in [-0.3, -0.25) is 0 Å². The van der Waals surface area contributed by atoms with Gasteiger partial charge in [-0.25, -0.2) is 0 Å². The summed E-state index contributed by atoms with van der Waals surface area (Å²) in [5.41, 5.74) is 0.696. The van der Waals surface area contributed by atoms with E-state index >= 15 is 0 Å². The molecule has 0 aromatic heterocycles. The standard InChI is InChI=1S/C14H22ClNO2/c1-4-7-18-13-6-5-12(15)8-11(13)9-16-14(2,3)10-17/h5-6,8,16-17H,4,7,9-10H2,1-3H3. The van der Waals surface area contributed by atoms with Crippen LogP contribution in [-0.4, -0.2) is 23.9 Å². The van der Waals surface area contributed by atoms with Crippen molar-refractivity contribution in [2.24, 2.45) is 0 Å². The molecule has 0 atom stereocenters. The minimum atomic E-state index is -0.315. The Morgan fingerprint density at radius 3 is 2.72 bits per heavy atom. The van der Waals surface area contributed by atoms with Gasteiger partial charge in [0.2, 0.25) is 0 Å². The van der Waals surface area contributed by atoms with Crippen molar-refractivity contribution in [2.45, 2.75) is 39.3 Å². The van der Waals surface area contributed by atoms with Crippen molar-refractivity contribution in [3.63, 3.8) is 0 Å². The van der Waals surface area contributed by atoms with Crippen LogP contribution in [0.3, 0.4) is 0 Å². The van der Waals surface area contributed by atoms with Gasteiger partial charge in [-0.15, -0.1) is 0 Å². The molecule has 0 heterocycles. The number of hydrogen-bond acceptors (Lipinski definition) is 3. The van der Waals surface area contributed by atoms with Gasteiger partial charge in [-0.05, 0) is 38.5 Å². The molecule has 1 rings (SSSR count). The molecule has 0 aliphatic rings. The molecule has 2 N–H and O–H groups in total. The van der Waals surface area contributed by atoms with Gasteiger partial charge < -0.3 is 15.2 Å². The molecule has 0 saturated carbocycles. The first kappa shape index (κ1) is 15.3. The smallest absolute Gasteiger partial charge is 0.123 e. The Kier molecular flexibility index (Phi) is 5.93. The highest BCUT2D eigenvalue weighted by Crippen LogP contribution is 2.23. The summed E-state index contributed by atoms with van der Waals surface area (Å²) in [7, 11) is 0. The van der Waals surface area contributed by atoms with Gasteiger partial charge >= 0.3 is 0 Å². The van der Waals surface area contributed by atoms with Crippen molar-refractivity contribution in [1.82, 2.24) is 5.32 Å². The first-order valence-electron chi connectivity index (χ1n) is 6.25. The van der Waals surface area contributed by atoms with Gasteiger partial charge in [-0.2, -0.15) is 0 Å². The van der Waals surface area contributed by atoms with Crippen molar-refractivity contribution < 1.29 is 9.84 Å². The van der Waals surface area contributed by atoms with Crippen molar-refractivity contribution in [1.29, 1.82) is 0 Å². The lowest BCUT2D eigenvalue weighted by Gasteiger charge is -2.24. The number of rotatable bonds is 7. The molecule has 3 nitrogen and oxygen atoms in total. The Morgan fingerprint density at radius 1 is 1.39 bits per heavy atom. The van der Waals surface area contributed by atoms with E-state index in [0.717, 1.165) is 17.7 Å². The molecule has 0 bridgehead atoms. The third kappa shape index (κ3) is 4.84. The summed E-state index contributed by atoms with van der Waals surface area (Å²) < 4.78 is 5.68. The third-order valence-corrected chi connectivity index (χ3v) is 2.87. The predicted octanol–water partition coefficient (Wildman–Crippen LogP) is 2.99. The second-order valence-corrected chi connectivity index (χ2v) is 5.43. The van der Waals surface area contributed by atoms with E-state index in [1.807, 2.05) is 32.0 Å². The zero-order valence-corrected chi connectivity index (χ0v) is 12.0. The first-order valence-corrected chi connectivity index (χ1v) is 6.63. The van der Waals surface area contributed by atoms with E-state index in [1.54, 1.807) is 0 Å². The van der Waals surface area contributed by atoms with Crippen LogP contribution in [0.15, 0.2) is 18.2 Å². The molecule has 0 unspecified atom stereocenters. The topological polar surface area (TPSA) is 41.5 Å². The number of nitrogens with one attached hydrogen (secondary N) is 1. The summed E-state index contributed by atoms with van der Waals surface area (Å²) in [6.45, 7) is 7.36. The Hall–Kier alpha value is -0.770. The molecule has 0 spiro atoms. The number of benzene rings is 1. The Bertz CT molecular complexity index is 380. The van der Waals surface area contributed by atoms with E-state index in [2.05, 4.69) is 12.2 Å². The van der Waals surface area contributed by atoms with E-state index in [0.29, 0.717) is 18.2 Å². The van der Waals surface area contributed by atoms with E-state index in [4.69, 9.17) is 16.3 Å². The van der Waals surface area contributed by atoms with Gasteiger partial charge in [0, 0.05) is 22.7 Å². The number of aliphatic hydroxyl groups is 1. The van der Waals surface area contributed by atoms with Crippen LogP contribution >= 0.6 is 11.6 Å². The van der Waals surface area contributed by atoms with Crippen LogP contribution in [0.4, 0.5) is 0 Å². The fourth-order valence-electron chi connectivity index (χ4n) is 1.43. The van der Waals surface area contributed by atoms with Gasteiger partial charge in [-0.1, -0.05) is 18.5 Å². The Balaban J connectivity index is 2.75. The predicted molar refractivity (Wildman–Crippen MR) is 75.2 cm³/mol. The third-order valence-electron chi connectivity index (χ3n) is 2.64. The molecule has 18 heavy (non-hydrogen) atoms. The molecular formula is C14H22ClNO2. The molecule has 102 valence electrons. The number of ether oxygens (including phenoxy) is 1. The molecule has 0 radical (unpaired) electrons. The molecule has 4 heteroatoms. The fraction of sp³-hybridized carbons (Fsp3) is 0.571. The average Bonchev–Trinajstić information content (AvgIpc) is 2.35. The lowest BCUT2D eigenvalue weighted by atomic mass is 10.1. The van der Waals surface area contributed by atoms with Crippen LogP contribution in [0.5, 0.6) is 5.75 Å². The summed E-state index contributed by atoms with van der Waals surface area (Å²) in [4.78, 5) is 0. The molecule has 0 saturated heterocycles. The normalized spacial score (nSPS) is 11.6. The van der Waals surface area contributed by atoms with Crippen molar-refractivity contribution >= 4 is 11.6 Å². The quantitative estimate of drug-likeness (QED) is 0.801. The molecular weight excluding hydrogens is 250 g/mol. The maximum Gasteiger partial charge on any atom is 0.123 e. The highest BCUT2D eigenvalue weighted by Gasteiger charge is 2.16. The van der Waals surface area contributed by atoms with E-state index in [-0.39, 0.29) is 12.1 Å². The molecule has 1 aromatic carbocycles. The van der Waals surface area contributed by atoms with Crippen LogP contribution in [0.1, 0.15) is 32.8 Å². The molecule has 0 aliphatic carbocycles. The van der Waals surface area contributed by atoms with Crippen LogP contribution in [0, 0.1) is 0 Å². The zero-order chi connectivity index (χ0) is 13.6. The SMILES string of the molecule is CCCOc1ccc(Cl)cc1CNC(C)(C)CO. The highest BCUT2D eigenvalue weighted by molar-refractivity contribution is 6.30. The monoisotopic (exact) mass is 271 g/mol. The Labute approximate surface area is 114 Å². The van der Waals surface area contributed by atoms with E-state index in [1.165, 1.54) is 0 Å². The van der Waals surface area contributed by atoms with Gasteiger partial charge in [0.1, 0.15) is 5.75 Å². The van der Waals surface area contributed by atoms with Gasteiger partial charge in [0.05, 0.1) is 13.2 Å².